The van der Waals surface area contributed by atoms with Crippen molar-refractivity contribution in [2.75, 3.05) is 0 Å². The monoisotopic (exact) mass is 437 g/mol. The standard InChI is InChI=1S/C18H14F3N5OS2/c1-10(29-17-22-14(24-25-17)9-13-6-3-7-28-13)16-23-15(26-27-16)11-4-2-5-12(8-11)18(19,20)21/h2-8,10H,9H2,1H3,(H,22,24,25)/t10-/m0/s1. The Hall–Kier alpha value is -2.66. The SMILES string of the molecule is C[C@H](Sc1n[nH]c(Cc2cccs2)n1)c1nc(-c2cccc(C(F)(F)F)c2)no1. The number of aromatic amines is 1. The Labute approximate surface area is 171 Å². The summed E-state index contributed by atoms with van der Waals surface area (Å²) in [5, 5.41) is 13.2. The summed E-state index contributed by atoms with van der Waals surface area (Å²) in [6.45, 7) is 1.84. The summed E-state index contributed by atoms with van der Waals surface area (Å²) in [5.74, 6) is 1.14. The fourth-order valence-electron chi connectivity index (χ4n) is 2.55. The first-order chi connectivity index (χ1) is 13.9. The van der Waals surface area contributed by atoms with Gasteiger partial charge < -0.3 is 4.52 Å². The fraction of sp³-hybridized carbons (Fsp3) is 0.222. The molecule has 1 atom stereocenters. The van der Waals surface area contributed by atoms with Gasteiger partial charge in [-0.05, 0) is 30.5 Å². The average molecular weight is 437 g/mol. The quantitative estimate of drug-likeness (QED) is 0.408. The maximum atomic E-state index is 12.9. The Morgan fingerprint density at radius 1 is 1.21 bits per heavy atom. The summed E-state index contributed by atoms with van der Waals surface area (Å²) in [6, 6.07) is 8.82. The minimum Gasteiger partial charge on any atom is -0.338 e. The Balaban J connectivity index is 1.45. The number of hydrogen-bond donors (Lipinski definition) is 1. The van der Waals surface area contributed by atoms with E-state index >= 15 is 0 Å². The molecular formula is C18H14F3N5OS2. The van der Waals surface area contributed by atoms with Crippen molar-refractivity contribution in [1.29, 1.82) is 0 Å². The second kappa shape index (κ2) is 7.99. The summed E-state index contributed by atoms with van der Waals surface area (Å²) >= 11 is 2.96. The van der Waals surface area contributed by atoms with E-state index in [-0.39, 0.29) is 22.5 Å². The van der Waals surface area contributed by atoms with Crippen LogP contribution in [0.4, 0.5) is 13.2 Å². The minimum atomic E-state index is -4.43. The molecule has 3 heterocycles. The molecule has 29 heavy (non-hydrogen) atoms. The number of hydrogen-bond acceptors (Lipinski definition) is 7. The maximum Gasteiger partial charge on any atom is 0.416 e. The highest BCUT2D eigenvalue weighted by molar-refractivity contribution is 7.99. The third-order valence-corrected chi connectivity index (χ3v) is 5.78. The summed E-state index contributed by atoms with van der Waals surface area (Å²) in [5.41, 5.74) is -0.522. The molecule has 0 aliphatic carbocycles. The van der Waals surface area contributed by atoms with Gasteiger partial charge in [0.1, 0.15) is 5.82 Å². The average Bonchev–Trinajstić information content (AvgIpc) is 3.43. The molecule has 0 saturated carbocycles. The highest BCUT2D eigenvalue weighted by Crippen LogP contribution is 2.34. The van der Waals surface area contributed by atoms with Crippen LogP contribution in [0.1, 0.15) is 34.3 Å². The first kappa shape index (κ1) is 19.6. The van der Waals surface area contributed by atoms with E-state index in [0.717, 1.165) is 18.0 Å². The lowest BCUT2D eigenvalue weighted by Crippen LogP contribution is -2.04. The van der Waals surface area contributed by atoms with Crippen molar-refractivity contribution in [3.8, 4) is 11.4 Å². The van der Waals surface area contributed by atoms with Crippen LogP contribution in [0.5, 0.6) is 0 Å². The molecule has 6 nitrogen and oxygen atoms in total. The molecular weight excluding hydrogens is 423 g/mol. The van der Waals surface area contributed by atoms with Gasteiger partial charge in [-0.25, -0.2) is 4.98 Å². The molecule has 0 bridgehead atoms. The van der Waals surface area contributed by atoms with E-state index in [2.05, 4.69) is 25.3 Å². The first-order valence-corrected chi connectivity index (χ1v) is 10.3. The Morgan fingerprint density at radius 2 is 2.07 bits per heavy atom. The van der Waals surface area contributed by atoms with E-state index in [0.29, 0.717) is 11.6 Å². The number of H-pyrrole nitrogens is 1. The molecule has 0 spiro atoms. The summed E-state index contributed by atoms with van der Waals surface area (Å²) in [4.78, 5) is 9.85. The summed E-state index contributed by atoms with van der Waals surface area (Å²) in [6.07, 6.45) is -3.77. The molecule has 0 unspecified atom stereocenters. The van der Waals surface area contributed by atoms with Gasteiger partial charge in [-0.2, -0.15) is 18.2 Å². The Morgan fingerprint density at radius 3 is 2.83 bits per heavy atom. The molecule has 150 valence electrons. The lowest BCUT2D eigenvalue weighted by Gasteiger charge is -2.06. The number of alkyl halides is 3. The van der Waals surface area contributed by atoms with Crippen molar-refractivity contribution in [3.63, 3.8) is 0 Å². The van der Waals surface area contributed by atoms with E-state index in [1.165, 1.54) is 28.8 Å². The van der Waals surface area contributed by atoms with E-state index in [1.54, 1.807) is 11.3 Å². The highest BCUT2D eigenvalue weighted by Gasteiger charge is 2.31. The molecule has 4 aromatic rings. The van der Waals surface area contributed by atoms with Crippen LogP contribution in [0.25, 0.3) is 11.4 Å². The molecule has 0 amide bonds. The second-order valence-electron chi connectivity index (χ2n) is 6.12. The van der Waals surface area contributed by atoms with Crippen molar-refractivity contribution < 1.29 is 17.7 Å². The molecule has 0 aliphatic rings. The van der Waals surface area contributed by atoms with Crippen LogP contribution in [0, 0.1) is 0 Å². The van der Waals surface area contributed by atoms with Gasteiger partial charge >= 0.3 is 6.18 Å². The predicted molar refractivity (Wildman–Crippen MR) is 103 cm³/mol. The van der Waals surface area contributed by atoms with Crippen LogP contribution < -0.4 is 0 Å². The van der Waals surface area contributed by atoms with Crippen molar-refractivity contribution in [2.45, 2.75) is 29.9 Å². The molecule has 1 N–H and O–H groups in total. The predicted octanol–water partition coefficient (Wildman–Crippen LogP) is 5.38. The molecule has 0 saturated heterocycles. The highest BCUT2D eigenvalue weighted by atomic mass is 32.2. The van der Waals surface area contributed by atoms with Gasteiger partial charge in [0.05, 0.1) is 10.8 Å². The molecule has 0 radical (unpaired) electrons. The number of halogens is 3. The Bertz CT molecular complexity index is 1090. The number of thioether (sulfide) groups is 1. The normalized spacial score (nSPS) is 13.0. The zero-order chi connectivity index (χ0) is 20.4. The number of thiophene rings is 1. The van der Waals surface area contributed by atoms with Crippen LogP contribution in [-0.4, -0.2) is 25.3 Å². The molecule has 0 aliphatic heterocycles. The summed E-state index contributed by atoms with van der Waals surface area (Å²) < 4.78 is 43.9. The van der Waals surface area contributed by atoms with Crippen molar-refractivity contribution in [2.24, 2.45) is 0 Å². The lowest BCUT2D eigenvalue weighted by atomic mass is 10.1. The zero-order valence-corrected chi connectivity index (χ0v) is 16.6. The number of nitrogens with zero attached hydrogens (tertiary/aromatic N) is 4. The van der Waals surface area contributed by atoms with E-state index < -0.39 is 11.7 Å². The van der Waals surface area contributed by atoms with Crippen LogP contribution in [0.3, 0.4) is 0 Å². The Kier molecular flexibility index (Phi) is 5.41. The largest absolute Gasteiger partial charge is 0.416 e. The van der Waals surface area contributed by atoms with Gasteiger partial charge in [0.25, 0.3) is 0 Å². The molecule has 11 heteroatoms. The van der Waals surface area contributed by atoms with Crippen LogP contribution in [-0.2, 0) is 12.6 Å². The molecule has 1 aromatic carbocycles. The van der Waals surface area contributed by atoms with Gasteiger partial charge in [-0.3, -0.25) is 5.10 Å². The first-order valence-electron chi connectivity index (χ1n) is 8.50. The van der Waals surface area contributed by atoms with Gasteiger partial charge in [0.2, 0.25) is 16.9 Å². The van der Waals surface area contributed by atoms with Gasteiger partial charge in [-0.1, -0.05) is 35.1 Å². The minimum absolute atomic E-state index is 0.104. The molecule has 0 fully saturated rings. The summed E-state index contributed by atoms with van der Waals surface area (Å²) in [7, 11) is 0. The third-order valence-electron chi connectivity index (χ3n) is 3.95. The zero-order valence-electron chi connectivity index (χ0n) is 15.0. The number of rotatable bonds is 6. The number of aromatic nitrogens is 5. The maximum absolute atomic E-state index is 12.9. The fourth-order valence-corrected chi connectivity index (χ4v) is 4.03. The molecule has 3 aromatic heterocycles. The molecule has 4 rings (SSSR count). The van der Waals surface area contributed by atoms with E-state index in [1.807, 2.05) is 24.4 Å². The van der Waals surface area contributed by atoms with Crippen LogP contribution >= 0.6 is 23.1 Å². The smallest absolute Gasteiger partial charge is 0.338 e. The van der Waals surface area contributed by atoms with Crippen molar-refractivity contribution in [1.82, 2.24) is 25.3 Å². The van der Waals surface area contributed by atoms with Crippen molar-refractivity contribution >= 4 is 23.1 Å². The van der Waals surface area contributed by atoms with Gasteiger partial charge in [-0.15, -0.1) is 16.4 Å². The number of benzene rings is 1. The van der Waals surface area contributed by atoms with E-state index in [9.17, 15) is 13.2 Å². The van der Waals surface area contributed by atoms with E-state index in [4.69, 9.17) is 4.52 Å². The van der Waals surface area contributed by atoms with Gasteiger partial charge in [0, 0.05) is 16.9 Å². The number of nitrogens with one attached hydrogen (secondary N) is 1. The third kappa shape index (κ3) is 4.67. The van der Waals surface area contributed by atoms with Crippen LogP contribution in [0.15, 0.2) is 51.5 Å². The topological polar surface area (TPSA) is 80.5 Å². The van der Waals surface area contributed by atoms with Gasteiger partial charge in [0.15, 0.2) is 0 Å². The lowest BCUT2D eigenvalue weighted by molar-refractivity contribution is -0.137. The second-order valence-corrected chi connectivity index (χ2v) is 8.46. The van der Waals surface area contributed by atoms with Crippen molar-refractivity contribution in [3.05, 3.63) is 63.9 Å². The van der Waals surface area contributed by atoms with Crippen LogP contribution in [0.2, 0.25) is 0 Å².